The number of aromatic nitrogens is 2. The van der Waals surface area contributed by atoms with E-state index < -0.39 is 0 Å². The summed E-state index contributed by atoms with van der Waals surface area (Å²) >= 11 is 7.31. The zero-order chi connectivity index (χ0) is 26.6. The van der Waals surface area contributed by atoms with Crippen LogP contribution in [0.25, 0.3) is 27.4 Å². The van der Waals surface area contributed by atoms with Crippen LogP contribution in [0.1, 0.15) is 23.4 Å². The van der Waals surface area contributed by atoms with Crippen molar-refractivity contribution < 1.29 is 13.9 Å². The van der Waals surface area contributed by atoms with Gasteiger partial charge in [-0.25, -0.2) is 14.8 Å². The first-order valence-corrected chi connectivity index (χ1v) is 13.1. The standard InChI is InChI=1S/C28H22ClN5O3S/c1-16-23(33-27(36-16)18-3-7-19(29)8-4-18)15-38-28-22(13-30)24(25(32-2)26(31)34-28)17-5-9-20(10-6-17)37-21-11-12-35-14-21/h3-10,21H,11-12,14-15H2,1H3,(H2,31,34). The molecule has 1 aliphatic rings. The predicted octanol–water partition coefficient (Wildman–Crippen LogP) is 6.83. The molecular formula is C28H22ClN5O3S. The Morgan fingerprint density at radius 3 is 2.58 bits per heavy atom. The van der Waals surface area contributed by atoms with Crippen molar-refractivity contribution in [3.8, 4) is 34.4 Å². The maximum Gasteiger partial charge on any atom is 0.236 e. The van der Waals surface area contributed by atoms with Gasteiger partial charge in [0.05, 0.1) is 31.0 Å². The number of nitrogens with two attached hydrogens (primary N) is 1. The van der Waals surface area contributed by atoms with Gasteiger partial charge >= 0.3 is 0 Å². The molecule has 0 amide bonds. The highest BCUT2D eigenvalue weighted by atomic mass is 35.5. The summed E-state index contributed by atoms with van der Waals surface area (Å²) in [5.74, 6) is 2.31. The van der Waals surface area contributed by atoms with Gasteiger partial charge in [0.25, 0.3) is 0 Å². The van der Waals surface area contributed by atoms with Crippen LogP contribution in [0.2, 0.25) is 5.02 Å². The summed E-state index contributed by atoms with van der Waals surface area (Å²) in [5.41, 5.74) is 9.28. The van der Waals surface area contributed by atoms with Gasteiger partial charge in [-0.3, -0.25) is 0 Å². The van der Waals surface area contributed by atoms with Crippen molar-refractivity contribution in [3.05, 3.63) is 82.0 Å². The largest absolute Gasteiger partial charge is 0.488 e. The number of nitriles is 1. The first kappa shape index (κ1) is 25.6. The third kappa shape index (κ3) is 5.32. The molecule has 1 aliphatic heterocycles. The van der Waals surface area contributed by atoms with Gasteiger partial charge in [0.2, 0.25) is 11.6 Å². The molecule has 2 aromatic carbocycles. The summed E-state index contributed by atoms with van der Waals surface area (Å²) < 4.78 is 17.2. The van der Waals surface area contributed by atoms with Crippen LogP contribution in [0.15, 0.2) is 58.0 Å². The smallest absolute Gasteiger partial charge is 0.236 e. The fraction of sp³-hybridized carbons (Fsp3) is 0.214. The van der Waals surface area contributed by atoms with E-state index in [1.807, 2.05) is 43.3 Å². The van der Waals surface area contributed by atoms with Crippen molar-refractivity contribution in [2.75, 3.05) is 18.9 Å². The van der Waals surface area contributed by atoms with Crippen molar-refractivity contribution in [1.29, 1.82) is 5.26 Å². The van der Waals surface area contributed by atoms with E-state index >= 15 is 0 Å². The van der Waals surface area contributed by atoms with Gasteiger partial charge in [-0.05, 0) is 48.9 Å². The van der Waals surface area contributed by atoms with Crippen LogP contribution in [0.4, 0.5) is 11.5 Å². The molecular weight excluding hydrogens is 522 g/mol. The van der Waals surface area contributed by atoms with Gasteiger partial charge in [-0.2, -0.15) is 5.26 Å². The number of hydrogen-bond donors (Lipinski definition) is 1. The Balaban J connectivity index is 1.43. The Labute approximate surface area is 229 Å². The fourth-order valence-corrected chi connectivity index (χ4v) is 5.21. The van der Waals surface area contributed by atoms with Gasteiger partial charge in [0.15, 0.2) is 0 Å². The molecule has 1 fully saturated rings. The van der Waals surface area contributed by atoms with E-state index in [1.54, 1.807) is 12.1 Å². The molecule has 0 aliphatic carbocycles. The van der Waals surface area contributed by atoms with Crippen LogP contribution < -0.4 is 10.5 Å². The Bertz CT molecular complexity index is 1550. The average Bonchev–Trinajstić information content (AvgIpc) is 3.57. The number of anilines is 1. The van der Waals surface area contributed by atoms with Gasteiger partial charge in [0, 0.05) is 28.3 Å². The van der Waals surface area contributed by atoms with E-state index in [9.17, 15) is 5.26 Å². The second kappa shape index (κ2) is 11.2. The molecule has 8 nitrogen and oxygen atoms in total. The summed E-state index contributed by atoms with van der Waals surface area (Å²) in [7, 11) is 0. The number of aryl methyl sites for hydroxylation is 1. The number of thioether (sulfide) groups is 1. The summed E-state index contributed by atoms with van der Waals surface area (Å²) in [6, 6.07) is 16.8. The lowest BCUT2D eigenvalue weighted by atomic mass is 10.00. The van der Waals surface area contributed by atoms with E-state index in [2.05, 4.69) is 20.9 Å². The molecule has 3 heterocycles. The van der Waals surface area contributed by atoms with E-state index in [0.29, 0.717) is 57.5 Å². The number of oxazole rings is 1. The number of nitrogens with zero attached hydrogens (tertiary/aromatic N) is 4. The molecule has 0 spiro atoms. The molecule has 190 valence electrons. The lowest BCUT2D eigenvalue weighted by Crippen LogP contribution is -2.15. The van der Waals surface area contributed by atoms with Crippen LogP contribution in [0, 0.1) is 24.8 Å². The third-order valence-electron chi connectivity index (χ3n) is 6.05. The van der Waals surface area contributed by atoms with Crippen LogP contribution in [0.5, 0.6) is 5.75 Å². The van der Waals surface area contributed by atoms with Crippen molar-refractivity contribution >= 4 is 34.9 Å². The summed E-state index contributed by atoms with van der Waals surface area (Å²) in [6.45, 7) is 10.8. The Morgan fingerprint density at radius 2 is 1.92 bits per heavy atom. The Morgan fingerprint density at radius 1 is 1.18 bits per heavy atom. The topological polar surface area (TPSA) is 112 Å². The fourth-order valence-electron chi connectivity index (χ4n) is 4.09. The van der Waals surface area contributed by atoms with Gasteiger partial charge in [0.1, 0.15) is 34.5 Å². The molecule has 1 saturated heterocycles. The second-order valence-corrected chi connectivity index (χ2v) is 9.97. The van der Waals surface area contributed by atoms with Crippen molar-refractivity contribution in [1.82, 2.24) is 9.97 Å². The Kier molecular flexibility index (Phi) is 7.52. The number of pyridine rings is 1. The zero-order valence-corrected chi connectivity index (χ0v) is 22.0. The molecule has 1 unspecified atom stereocenters. The molecule has 4 aromatic rings. The molecule has 10 heteroatoms. The first-order valence-electron chi connectivity index (χ1n) is 11.8. The van der Waals surface area contributed by atoms with E-state index in [4.69, 9.17) is 37.8 Å². The lowest BCUT2D eigenvalue weighted by molar-refractivity contribution is 0.141. The summed E-state index contributed by atoms with van der Waals surface area (Å²) in [4.78, 5) is 12.6. The third-order valence-corrected chi connectivity index (χ3v) is 7.29. The van der Waals surface area contributed by atoms with E-state index in [-0.39, 0.29) is 23.2 Å². The Hall–Kier alpha value is -4.02. The molecule has 0 radical (unpaired) electrons. The van der Waals surface area contributed by atoms with Crippen molar-refractivity contribution in [2.45, 2.75) is 30.2 Å². The quantitative estimate of drug-likeness (QED) is 0.199. The molecule has 2 aromatic heterocycles. The van der Waals surface area contributed by atoms with Gasteiger partial charge in [-0.1, -0.05) is 35.5 Å². The molecule has 2 N–H and O–H groups in total. The number of ether oxygens (including phenoxy) is 2. The number of nitrogen functional groups attached to an aromatic ring is 1. The maximum absolute atomic E-state index is 10.1. The second-order valence-electron chi connectivity index (χ2n) is 8.57. The summed E-state index contributed by atoms with van der Waals surface area (Å²) in [6.07, 6.45) is 0.865. The lowest BCUT2D eigenvalue weighted by Gasteiger charge is -2.15. The zero-order valence-electron chi connectivity index (χ0n) is 20.4. The minimum absolute atomic E-state index is 0.0223. The van der Waals surface area contributed by atoms with Crippen molar-refractivity contribution in [2.24, 2.45) is 0 Å². The van der Waals surface area contributed by atoms with Crippen LogP contribution >= 0.6 is 23.4 Å². The van der Waals surface area contributed by atoms with Gasteiger partial charge < -0.3 is 19.6 Å². The number of benzene rings is 2. The number of halogens is 1. The van der Waals surface area contributed by atoms with Crippen LogP contribution in [-0.4, -0.2) is 29.3 Å². The van der Waals surface area contributed by atoms with E-state index in [1.165, 1.54) is 11.8 Å². The minimum atomic E-state index is 0.0223. The van der Waals surface area contributed by atoms with Crippen LogP contribution in [-0.2, 0) is 10.5 Å². The average molecular weight is 544 g/mol. The maximum atomic E-state index is 10.1. The minimum Gasteiger partial charge on any atom is -0.488 e. The molecule has 0 saturated carbocycles. The monoisotopic (exact) mass is 543 g/mol. The normalized spacial score (nSPS) is 14.7. The molecule has 1 atom stereocenters. The number of rotatable bonds is 7. The van der Waals surface area contributed by atoms with Crippen molar-refractivity contribution in [3.63, 3.8) is 0 Å². The highest BCUT2D eigenvalue weighted by Crippen LogP contribution is 2.42. The highest BCUT2D eigenvalue weighted by Gasteiger charge is 2.22. The first-order chi connectivity index (χ1) is 18.5. The highest BCUT2D eigenvalue weighted by molar-refractivity contribution is 7.98. The molecule has 38 heavy (non-hydrogen) atoms. The summed E-state index contributed by atoms with van der Waals surface area (Å²) in [5, 5.41) is 11.2. The molecule has 0 bridgehead atoms. The SMILES string of the molecule is [C-]#[N+]c1c(N)nc(SCc2nc(-c3ccc(Cl)cc3)oc2C)c(C#N)c1-c1ccc(OC2CCOC2)cc1. The van der Waals surface area contributed by atoms with Gasteiger partial charge in [-0.15, -0.1) is 0 Å². The number of hydrogen-bond acceptors (Lipinski definition) is 8. The van der Waals surface area contributed by atoms with Crippen LogP contribution in [0.3, 0.4) is 0 Å². The predicted molar refractivity (Wildman–Crippen MR) is 146 cm³/mol. The molecule has 5 rings (SSSR count). The van der Waals surface area contributed by atoms with E-state index in [0.717, 1.165) is 17.7 Å².